The molecule has 2 aromatic carbocycles. The molecule has 0 heteroatoms. The van der Waals surface area contributed by atoms with Gasteiger partial charge in [-0.1, -0.05) is 110 Å². The summed E-state index contributed by atoms with van der Waals surface area (Å²) in [5, 5.41) is 0. The summed E-state index contributed by atoms with van der Waals surface area (Å²) in [6, 6.07) is 21.6. The van der Waals surface area contributed by atoms with E-state index in [1.54, 1.807) is 0 Å². The van der Waals surface area contributed by atoms with E-state index in [0.29, 0.717) is 0 Å². The summed E-state index contributed by atoms with van der Waals surface area (Å²) in [4.78, 5) is 0. The highest BCUT2D eigenvalue weighted by molar-refractivity contribution is 5.92. The number of hydrogen-bond donors (Lipinski definition) is 0. The van der Waals surface area contributed by atoms with Crippen molar-refractivity contribution in [3.63, 3.8) is 0 Å². The molecule has 4 aliphatic carbocycles. The first-order valence-corrected chi connectivity index (χ1v) is 13.0. The lowest BCUT2D eigenvalue weighted by Crippen LogP contribution is -2.20. The lowest BCUT2D eigenvalue weighted by Gasteiger charge is -2.33. The van der Waals surface area contributed by atoms with Gasteiger partial charge in [-0.15, -0.1) is 0 Å². The molecular weight excluding hydrogens is 432 g/mol. The zero-order chi connectivity index (χ0) is 24.8. The monoisotopic (exact) mass is 464 g/mol. The molecule has 2 fully saturated rings. The standard InChI is InChI=1S/C36H32/c1-23-15-17-31(27-11-7-5-8-12-27)33-21-25(3)29(35(23)33)19-20-30-26(4)22-34-32(18-16-24(2)36(30)34)28-13-9-6-10-14-28/h5-18,21-22H,19-20H2,1-4H3. The van der Waals surface area contributed by atoms with Crippen LogP contribution in [0, 0.1) is 60.2 Å². The van der Waals surface area contributed by atoms with E-state index >= 15 is 0 Å². The first kappa shape index (κ1) is 23.8. The van der Waals surface area contributed by atoms with Gasteiger partial charge < -0.3 is 0 Å². The van der Waals surface area contributed by atoms with E-state index in [4.69, 9.17) is 0 Å². The Kier molecular flexibility index (Phi) is 6.40. The Morgan fingerprint density at radius 3 is 1.25 bits per heavy atom. The average molecular weight is 465 g/mol. The fourth-order valence-electron chi connectivity index (χ4n) is 6.19. The van der Waals surface area contributed by atoms with Crippen LogP contribution in [0.25, 0.3) is 11.1 Å². The van der Waals surface area contributed by atoms with Crippen molar-refractivity contribution in [2.24, 2.45) is 0 Å². The van der Waals surface area contributed by atoms with Crippen LogP contribution in [0.1, 0.15) is 51.7 Å². The van der Waals surface area contributed by atoms with Crippen LogP contribution >= 0.6 is 0 Å². The third kappa shape index (κ3) is 4.07. The maximum Gasteiger partial charge on any atom is 0.0213 e. The van der Waals surface area contributed by atoms with Crippen molar-refractivity contribution >= 4 is 11.1 Å². The first-order chi connectivity index (χ1) is 17.5. The number of rotatable bonds is 5. The molecule has 0 N–H and O–H groups in total. The zero-order valence-corrected chi connectivity index (χ0v) is 21.7. The molecule has 36 heavy (non-hydrogen) atoms. The van der Waals surface area contributed by atoms with Gasteiger partial charge in [-0.2, -0.15) is 0 Å². The number of allylic oxidation sites excluding steroid dienone is 8. The summed E-state index contributed by atoms with van der Waals surface area (Å²) in [5.74, 6) is 11.5. The minimum Gasteiger partial charge on any atom is -0.0646 e. The number of fused-ring (bicyclic) bond motifs is 2. The molecule has 2 aromatic rings. The van der Waals surface area contributed by atoms with Crippen molar-refractivity contribution in [2.75, 3.05) is 0 Å². The Hall–Kier alpha value is -2.60. The molecule has 6 rings (SSSR count). The van der Waals surface area contributed by atoms with E-state index in [0.717, 1.165) is 12.8 Å². The summed E-state index contributed by atoms with van der Waals surface area (Å²) < 4.78 is 0. The molecule has 0 spiro atoms. The highest BCUT2D eigenvalue weighted by Crippen LogP contribution is 2.61. The summed E-state index contributed by atoms with van der Waals surface area (Å²) >= 11 is 0. The minimum absolute atomic E-state index is 1.06. The zero-order valence-electron chi connectivity index (χ0n) is 21.7. The van der Waals surface area contributed by atoms with Crippen LogP contribution in [0.5, 0.6) is 0 Å². The van der Waals surface area contributed by atoms with Crippen LogP contribution in [0.4, 0.5) is 0 Å². The molecule has 0 nitrogen and oxygen atoms in total. The largest absolute Gasteiger partial charge is 0.0646 e. The predicted octanol–water partition coefficient (Wildman–Crippen LogP) is 8.93. The van der Waals surface area contributed by atoms with E-state index < -0.39 is 0 Å². The molecule has 10 radical (unpaired) electrons. The molecule has 0 atom stereocenters. The Morgan fingerprint density at radius 1 is 0.472 bits per heavy atom. The van der Waals surface area contributed by atoms with Gasteiger partial charge in [0.25, 0.3) is 0 Å². The Balaban J connectivity index is 1.21. The third-order valence-corrected chi connectivity index (χ3v) is 7.98. The molecule has 0 unspecified atom stereocenters. The van der Waals surface area contributed by atoms with Crippen LogP contribution in [-0.4, -0.2) is 0 Å². The van der Waals surface area contributed by atoms with E-state index in [9.17, 15) is 0 Å². The van der Waals surface area contributed by atoms with E-state index in [1.165, 1.54) is 80.8 Å². The maximum absolute atomic E-state index is 2.41. The second-order valence-electron chi connectivity index (χ2n) is 10.3. The topological polar surface area (TPSA) is 0 Å². The number of hydrogen-bond acceptors (Lipinski definition) is 0. The molecule has 0 bridgehead atoms. The fourth-order valence-corrected chi connectivity index (χ4v) is 6.19. The van der Waals surface area contributed by atoms with Gasteiger partial charge >= 0.3 is 0 Å². The Bertz CT molecular complexity index is 1110. The molecule has 2 saturated carbocycles. The van der Waals surface area contributed by atoms with E-state index in [1.807, 2.05) is 0 Å². The second kappa shape index (κ2) is 9.70. The molecule has 0 heterocycles. The molecule has 4 aliphatic rings. The van der Waals surface area contributed by atoms with Gasteiger partial charge in [-0.05, 0) is 85.5 Å². The third-order valence-electron chi connectivity index (χ3n) is 7.98. The van der Waals surface area contributed by atoms with Crippen LogP contribution < -0.4 is 0 Å². The number of benzene rings is 2. The van der Waals surface area contributed by atoms with Crippen LogP contribution in [-0.2, 0) is 0 Å². The average Bonchev–Trinajstić information content (AvgIpc) is 3.41. The molecule has 0 amide bonds. The van der Waals surface area contributed by atoms with Crippen molar-refractivity contribution in [3.05, 3.63) is 167 Å². The lowest BCUT2D eigenvalue weighted by atomic mass is 9.70. The van der Waals surface area contributed by atoms with Crippen molar-refractivity contribution in [1.82, 2.24) is 0 Å². The molecule has 0 aromatic heterocycles. The van der Waals surface area contributed by atoms with Gasteiger partial charge in [-0.25, -0.2) is 0 Å². The van der Waals surface area contributed by atoms with Gasteiger partial charge in [0.1, 0.15) is 0 Å². The summed E-state index contributed by atoms with van der Waals surface area (Å²) in [7, 11) is 0. The van der Waals surface area contributed by atoms with Gasteiger partial charge in [0.15, 0.2) is 0 Å². The minimum atomic E-state index is 1.06. The SMILES string of the molecule is C[C]1[CH][C]2[C]([C]1CC[C]1[C](C)[CH][C]3[C]1C(C)=CC=C3c1ccccc1)C(C)=CC=C2c1ccccc1. The van der Waals surface area contributed by atoms with E-state index in [-0.39, 0.29) is 0 Å². The van der Waals surface area contributed by atoms with Crippen LogP contribution in [0.15, 0.2) is 96.1 Å². The lowest BCUT2D eigenvalue weighted by molar-refractivity contribution is 0.738. The molecule has 176 valence electrons. The summed E-state index contributed by atoms with van der Waals surface area (Å²) in [5.41, 5.74) is 8.01. The highest BCUT2D eigenvalue weighted by atomic mass is 14.5. The van der Waals surface area contributed by atoms with Crippen LogP contribution in [0.2, 0.25) is 0 Å². The van der Waals surface area contributed by atoms with Gasteiger partial charge in [0.2, 0.25) is 0 Å². The smallest absolute Gasteiger partial charge is 0.0213 e. The Morgan fingerprint density at radius 2 is 0.861 bits per heavy atom. The summed E-state index contributed by atoms with van der Waals surface area (Å²) in [6.07, 6.45) is 16.1. The van der Waals surface area contributed by atoms with Crippen molar-refractivity contribution in [2.45, 2.75) is 40.5 Å². The molecule has 0 saturated heterocycles. The highest BCUT2D eigenvalue weighted by Gasteiger charge is 2.49. The second-order valence-corrected chi connectivity index (χ2v) is 10.3. The quantitative estimate of drug-likeness (QED) is 0.414. The van der Waals surface area contributed by atoms with Crippen molar-refractivity contribution < 1.29 is 0 Å². The Labute approximate surface area is 218 Å². The van der Waals surface area contributed by atoms with Crippen molar-refractivity contribution in [1.29, 1.82) is 0 Å². The molecular formula is C36H32. The maximum atomic E-state index is 2.41. The van der Waals surface area contributed by atoms with Gasteiger partial charge in [0.05, 0.1) is 0 Å². The summed E-state index contributed by atoms with van der Waals surface area (Å²) in [6.45, 7) is 9.11. The molecule has 0 aliphatic heterocycles. The van der Waals surface area contributed by atoms with Crippen molar-refractivity contribution in [3.8, 4) is 0 Å². The van der Waals surface area contributed by atoms with Crippen LogP contribution in [0.3, 0.4) is 0 Å². The predicted molar refractivity (Wildman–Crippen MR) is 151 cm³/mol. The van der Waals surface area contributed by atoms with E-state index in [2.05, 4.69) is 126 Å². The first-order valence-electron chi connectivity index (χ1n) is 13.0. The van der Waals surface area contributed by atoms with Gasteiger partial charge in [0, 0.05) is 23.7 Å². The normalized spacial score (nSPS) is 23.3. The van der Waals surface area contributed by atoms with Gasteiger partial charge in [-0.3, -0.25) is 0 Å². The fraction of sp³-hybridized carbons (Fsp3) is 0.167.